The molecule has 0 radical (unpaired) electrons. The standard InChI is InChI=1S/C21H21FN2O2/c1-3-12-24(21(25)16-10-8-15(2)9-11-16)14-17-13-20(23-26-17)18-6-4-5-7-19(18)22/h3-11,17H,1,12-14H2,2H3/t17-/m0/s1. The van der Waals surface area contributed by atoms with Crippen LogP contribution in [0.2, 0.25) is 0 Å². The van der Waals surface area contributed by atoms with Gasteiger partial charge in [-0.05, 0) is 25.1 Å². The van der Waals surface area contributed by atoms with Gasteiger partial charge in [0.1, 0.15) is 5.82 Å². The molecule has 4 nitrogen and oxygen atoms in total. The molecule has 0 N–H and O–H groups in total. The molecular weight excluding hydrogens is 331 g/mol. The van der Waals surface area contributed by atoms with E-state index in [9.17, 15) is 9.18 Å². The van der Waals surface area contributed by atoms with Crippen LogP contribution in [0.3, 0.4) is 0 Å². The number of benzene rings is 2. The first-order chi connectivity index (χ1) is 12.6. The van der Waals surface area contributed by atoms with Gasteiger partial charge in [-0.25, -0.2) is 4.39 Å². The third-order valence-electron chi connectivity index (χ3n) is 4.28. The van der Waals surface area contributed by atoms with Crippen molar-refractivity contribution in [3.05, 3.63) is 83.7 Å². The minimum atomic E-state index is -0.325. The number of rotatable bonds is 6. The highest BCUT2D eigenvalue weighted by molar-refractivity contribution is 6.01. The molecule has 0 saturated heterocycles. The predicted molar refractivity (Wildman–Crippen MR) is 99.7 cm³/mol. The maximum Gasteiger partial charge on any atom is 0.254 e. The number of carbonyl (C=O) groups excluding carboxylic acids is 1. The molecule has 0 bridgehead atoms. The lowest BCUT2D eigenvalue weighted by molar-refractivity contribution is 0.0450. The van der Waals surface area contributed by atoms with Crippen molar-refractivity contribution >= 4 is 11.6 Å². The van der Waals surface area contributed by atoms with Crippen molar-refractivity contribution in [3.63, 3.8) is 0 Å². The summed E-state index contributed by atoms with van der Waals surface area (Å²) in [5, 5.41) is 4.02. The molecular formula is C21H21FN2O2. The molecule has 0 spiro atoms. The largest absolute Gasteiger partial charge is 0.390 e. The van der Waals surface area contributed by atoms with Gasteiger partial charge in [0.05, 0.1) is 12.3 Å². The highest BCUT2D eigenvalue weighted by Crippen LogP contribution is 2.20. The Labute approximate surface area is 152 Å². The van der Waals surface area contributed by atoms with E-state index in [-0.39, 0.29) is 17.8 Å². The second kappa shape index (κ2) is 7.95. The van der Waals surface area contributed by atoms with Crippen molar-refractivity contribution in [2.24, 2.45) is 5.16 Å². The van der Waals surface area contributed by atoms with E-state index in [4.69, 9.17) is 4.84 Å². The number of oxime groups is 1. The van der Waals surface area contributed by atoms with E-state index in [1.54, 1.807) is 29.2 Å². The number of hydrogen-bond acceptors (Lipinski definition) is 3. The Morgan fingerprint density at radius 1 is 1.31 bits per heavy atom. The van der Waals surface area contributed by atoms with Gasteiger partial charge in [0.2, 0.25) is 0 Å². The topological polar surface area (TPSA) is 41.9 Å². The normalized spacial score (nSPS) is 15.9. The van der Waals surface area contributed by atoms with Gasteiger partial charge in [-0.15, -0.1) is 6.58 Å². The Bertz CT molecular complexity index is 830. The maximum atomic E-state index is 13.9. The lowest BCUT2D eigenvalue weighted by Gasteiger charge is -2.23. The Morgan fingerprint density at radius 2 is 2.04 bits per heavy atom. The third-order valence-corrected chi connectivity index (χ3v) is 4.28. The van der Waals surface area contributed by atoms with Crippen molar-refractivity contribution in [1.82, 2.24) is 4.90 Å². The number of amides is 1. The minimum Gasteiger partial charge on any atom is -0.390 e. The molecule has 2 aromatic rings. The van der Waals surface area contributed by atoms with Crippen LogP contribution in [0.15, 0.2) is 66.3 Å². The molecule has 1 aliphatic heterocycles. The number of hydrogen-bond donors (Lipinski definition) is 0. The van der Waals surface area contributed by atoms with Crippen LogP contribution in [0.1, 0.15) is 27.9 Å². The fraction of sp³-hybridized carbons (Fsp3) is 0.238. The highest BCUT2D eigenvalue weighted by Gasteiger charge is 2.27. The Kier molecular flexibility index (Phi) is 5.46. The molecule has 26 heavy (non-hydrogen) atoms. The van der Waals surface area contributed by atoms with Crippen LogP contribution in [-0.2, 0) is 4.84 Å². The second-order valence-corrected chi connectivity index (χ2v) is 6.31. The Morgan fingerprint density at radius 3 is 2.73 bits per heavy atom. The van der Waals surface area contributed by atoms with E-state index in [0.29, 0.717) is 36.3 Å². The highest BCUT2D eigenvalue weighted by atomic mass is 19.1. The number of nitrogens with zero attached hydrogens (tertiary/aromatic N) is 2. The molecule has 3 rings (SSSR count). The Balaban J connectivity index is 1.68. The molecule has 1 aliphatic rings. The van der Waals surface area contributed by atoms with Crippen LogP contribution in [-0.4, -0.2) is 35.7 Å². The molecule has 2 aromatic carbocycles. The van der Waals surface area contributed by atoms with Crippen molar-refractivity contribution in [3.8, 4) is 0 Å². The van der Waals surface area contributed by atoms with Crippen LogP contribution in [0.4, 0.5) is 4.39 Å². The molecule has 1 atom stereocenters. The van der Waals surface area contributed by atoms with Gasteiger partial charge in [0, 0.05) is 24.1 Å². The molecule has 134 valence electrons. The first-order valence-electron chi connectivity index (χ1n) is 8.53. The van der Waals surface area contributed by atoms with Gasteiger partial charge in [0.15, 0.2) is 6.10 Å². The van der Waals surface area contributed by atoms with E-state index in [0.717, 1.165) is 5.56 Å². The summed E-state index contributed by atoms with van der Waals surface area (Å²) in [7, 11) is 0. The van der Waals surface area contributed by atoms with Crippen LogP contribution in [0, 0.1) is 12.7 Å². The molecule has 0 fully saturated rings. The van der Waals surface area contributed by atoms with Gasteiger partial charge in [0.25, 0.3) is 5.91 Å². The van der Waals surface area contributed by atoms with Crippen molar-refractivity contribution in [2.75, 3.05) is 13.1 Å². The fourth-order valence-electron chi connectivity index (χ4n) is 2.90. The molecule has 0 aromatic heterocycles. The number of carbonyl (C=O) groups is 1. The minimum absolute atomic E-state index is 0.0900. The average molecular weight is 352 g/mol. The predicted octanol–water partition coefficient (Wildman–Crippen LogP) is 3.96. The van der Waals surface area contributed by atoms with Gasteiger partial charge >= 0.3 is 0 Å². The quantitative estimate of drug-likeness (QED) is 0.739. The molecule has 0 unspecified atom stereocenters. The van der Waals surface area contributed by atoms with E-state index in [1.807, 2.05) is 31.2 Å². The molecule has 0 aliphatic carbocycles. The van der Waals surface area contributed by atoms with Gasteiger partial charge in [-0.1, -0.05) is 47.1 Å². The van der Waals surface area contributed by atoms with Crippen molar-refractivity contribution < 1.29 is 14.0 Å². The van der Waals surface area contributed by atoms with Gasteiger partial charge in [-0.3, -0.25) is 4.79 Å². The zero-order valence-corrected chi connectivity index (χ0v) is 14.7. The van der Waals surface area contributed by atoms with E-state index < -0.39 is 0 Å². The Hall–Kier alpha value is -2.95. The van der Waals surface area contributed by atoms with Gasteiger partial charge in [-0.2, -0.15) is 0 Å². The third kappa shape index (κ3) is 3.99. The van der Waals surface area contributed by atoms with E-state index in [2.05, 4.69) is 11.7 Å². The summed E-state index contributed by atoms with van der Waals surface area (Å²) in [5.41, 5.74) is 2.72. The summed E-state index contributed by atoms with van der Waals surface area (Å²) in [6, 6.07) is 13.9. The van der Waals surface area contributed by atoms with Gasteiger partial charge < -0.3 is 9.74 Å². The van der Waals surface area contributed by atoms with Crippen LogP contribution < -0.4 is 0 Å². The lowest BCUT2D eigenvalue weighted by atomic mass is 10.0. The van der Waals surface area contributed by atoms with Crippen LogP contribution in [0.25, 0.3) is 0 Å². The summed E-state index contributed by atoms with van der Waals surface area (Å²) in [6.07, 6.45) is 1.83. The summed E-state index contributed by atoms with van der Waals surface area (Å²) < 4.78 is 13.9. The first-order valence-corrected chi connectivity index (χ1v) is 8.53. The fourth-order valence-corrected chi connectivity index (χ4v) is 2.90. The zero-order valence-electron chi connectivity index (χ0n) is 14.7. The SMILES string of the molecule is C=CCN(C[C@@H]1CC(c2ccccc2F)=NO1)C(=O)c1ccc(C)cc1. The summed E-state index contributed by atoms with van der Waals surface area (Å²) >= 11 is 0. The average Bonchev–Trinajstić information content (AvgIpc) is 3.10. The lowest BCUT2D eigenvalue weighted by Crippen LogP contribution is -2.37. The van der Waals surface area contributed by atoms with E-state index >= 15 is 0 Å². The summed E-state index contributed by atoms with van der Waals surface area (Å²) in [4.78, 5) is 19.9. The van der Waals surface area contributed by atoms with Crippen molar-refractivity contribution in [2.45, 2.75) is 19.4 Å². The van der Waals surface area contributed by atoms with Crippen LogP contribution in [0.5, 0.6) is 0 Å². The molecule has 0 saturated carbocycles. The maximum absolute atomic E-state index is 13.9. The van der Waals surface area contributed by atoms with Crippen LogP contribution >= 0.6 is 0 Å². The number of aryl methyl sites for hydroxylation is 1. The second-order valence-electron chi connectivity index (χ2n) is 6.31. The molecule has 5 heteroatoms. The summed E-state index contributed by atoms with van der Waals surface area (Å²) in [5.74, 6) is -0.415. The summed E-state index contributed by atoms with van der Waals surface area (Å²) in [6.45, 7) is 6.47. The molecule has 1 amide bonds. The zero-order chi connectivity index (χ0) is 18.5. The smallest absolute Gasteiger partial charge is 0.254 e. The van der Waals surface area contributed by atoms with Crippen molar-refractivity contribution in [1.29, 1.82) is 0 Å². The number of halogens is 1. The molecule has 1 heterocycles. The monoisotopic (exact) mass is 352 g/mol. The first kappa shape index (κ1) is 17.9. The van der Waals surface area contributed by atoms with E-state index in [1.165, 1.54) is 6.07 Å².